The minimum Gasteiger partial charge on any atom is -0.480 e. The number of hydrogen-bond donors (Lipinski definition) is 4. The smallest absolute Gasteiger partial charge is 0.407 e. The molecule has 50 heavy (non-hydrogen) atoms. The third-order valence-corrected chi connectivity index (χ3v) is 8.70. The van der Waals surface area contributed by atoms with E-state index in [1.807, 2.05) is 61.5 Å². The molecule has 3 amide bonds. The molecule has 0 unspecified atom stereocenters. The van der Waals surface area contributed by atoms with Crippen LogP contribution >= 0.6 is 0 Å². The van der Waals surface area contributed by atoms with Crippen LogP contribution < -0.4 is 16.0 Å². The summed E-state index contributed by atoms with van der Waals surface area (Å²) in [6.45, 7) is 8.71. The third-order valence-electron chi connectivity index (χ3n) is 8.70. The number of fused-ring (bicyclic) bond motifs is 3. The Kier molecular flexibility index (Phi) is 12.8. The van der Waals surface area contributed by atoms with E-state index in [0.717, 1.165) is 27.8 Å². The second-order valence-electron chi connectivity index (χ2n) is 13.6. The van der Waals surface area contributed by atoms with Crippen LogP contribution in [0.15, 0.2) is 78.9 Å². The maximum absolute atomic E-state index is 13.8. The fraction of sp³-hybridized carbons (Fsp3) is 0.410. The lowest BCUT2D eigenvalue weighted by atomic mass is 9.98. The van der Waals surface area contributed by atoms with Gasteiger partial charge in [0.15, 0.2) is 0 Å². The Morgan fingerprint density at radius 2 is 1.34 bits per heavy atom. The summed E-state index contributed by atoms with van der Waals surface area (Å²) in [5.74, 6) is -3.78. The van der Waals surface area contributed by atoms with Gasteiger partial charge in [0.25, 0.3) is 0 Å². The number of carbonyl (C=O) groups excluding carboxylic acids is 4. The molecule has 0 fully saturated rings. The molecule has 0 aromatic heterocycles. The van der Waals surface area contributed by atoms with E-state index in [4.69, 9.17) is 9.47 Å². The van der Waals surface area contributed by atoms with Gasteiger partial charge in [-0.1, -0.05) is 99.1 Å². The molecule has 0 radical (unpaired) electrons. The average molecular weight is 686 g/mol. The average Bonchev–Trinajstić information content (AvgIpc) is 3.40. The molecule has 1 aliphatic rings. The van der Waals surface area contributed by atoms with Crippen LogP contribution in [0.1, 0.15) is 76.5 Å². The molecule has 3 aromatic rings. The Morgan fingerprint density at radius 3 is 1.90 bits per heavy atom. The van der Waals surface area contributed by atoms with E-state index >= 15 is 0 Å². The number of ether oxygens (including phenoxy) is 2. The number of hydrogen-bond acceptors (Lipinski definition) is 7. The van der Waals surface area contributed by atoms with Crippen molar-refractivity contribution in [3.63, 3.8) is 0 Å². The van der Waals surface area contributed by atoms with E-state index in [0.29, 0.717) is 6.42 Å². The summed E-state index contributed by atoms with van der Waals surface area (Å²) in [5, 5.41) is 17.7. The SMILES string of the molecule is CC[C@H](C)[C@H](NC(=O)[C@H](Cc1ccccc1)NC(=O)[C@H](CCC(=O)OC(C)(C)C)NC(=O)OCC1c2ccccc2-c2ccccc21)C(=O)O. The maximum atomic E-state index is 13.8. The van der Waals surface area contributed by atoms with E-state index in [9.17, 15) is 29.1 Å². The summed E-state index contributed by atoms with van der Waals surface area (Å²) in [6, 6.07) is 21.1. The highest BCUT2D eigenvalue weighted by molar-refractivity contribution is 5.93. The van der Waals surface area contributed by atoms with Crippen molar-refractivity contribution in [1.82, 2.24) is 16.0 Å². The molecule has 0 aliphatic heterocycles. The number of carboxylic acids is 1. The summed E-state index contributed by atoms with van der Waals surface area (Å²) in [5.41, 5.74) is 4.13. The van der Waals surface area contributed by atoms with Crippen LogP contribution in [0.2, 0.25) is 0 Å². The van der Waals surface area contributed by atoms with Gasteiger partial charge in [-0.15, -0.1) is 0 Å². The molecule has 1 aliphatic carbocycles. The number of nitrogens with one attached hydrogen (secondary N) is 3. The van der Waals surface area contributed by atoms with Crippen LogP contribution in [0, 0.1) is 5.92 Å². The van der Waals surface area contributed by atoms with Crippen molar-refractivity contribution >= 4 is 29.8 Å². The quantitative estimate of drug-likeness (QED) is 0.156. The van der Waals surface area contributed by atoms with Crippen LogP contribution in [0.5, 0.6) is 0 Å². The number of amides is 3. The summed E-state index contributed by atoms with van der Waals surface area (Å²) in [7, 11) is 0. The van der Waals surface area contributed by atoms with E-state index in [1.54, 1.807) is 52.0 Å². The zero-order chi connectivity index (χ0) is 36.4. The first-order valence-electron chi connectivity index (χ1n) is 17.0. The van der Waals surface area contributed by atoms with Crippen molar-refractivity contribution in [2.24, 2.45) is 5.92 Å². The van der Waals surface area contributed by atoms with Crippen LogP contribution in [0.3, 0.4) is 0 Å². The Morgan fingerprint density at radius 1 is 0.780 bits per heavy atom. The third kappa shape index (κ3) is 10.2. The summed E-state index contributed by atoms with van der Waals surface area (Å²) >= 11 is 0. The first-order valence-corrected chi connectivity index (χ1v) is 17.0. The van der Waals surface area contributed by atoms with Gasteiger partial charge in [0.1, 0.15) is 30.3 Å². The lowest BCUT2D eigenvalue weighted by Crippen LogP contribution is -2.57. The standard InChI is InChI=1S/C39H47N3O8/c1-6-24(2)34(37(46)47)42-36(45)32(22-25-14-8-7-9-15-25)40-35(44)31(20-21-33(43)50-39(3,4)5)41-38(48)49-23-30-28-18-12-10-16-26(28)27-17-11-13-19-29(27)30/h7-19,24,30-32,34H,6,20-23H2,1-5H3,(H,40,44)(H,41,48)(H,42,45)(H,46,47)/t24-,31-,32-,34-/m0/s1. The Labute approximate surface area is 293 Å². The molecule has 11 nitrogen and oxygen atoms in total. The molecule has 11 heteroatoms. The lowest BCUT2D eigenvalue weighted by Gasteiger charge is -2.26. The molecule has 4 atom stereocenters. The zero-order valence-electron chi connectivity index (χ0n) is 29.2. The van der Waals surface area contributed by atoms with Gasteiger partial charge >= 0.3 is 18.0 Å². The Bertz CT molecular complexity index is 1620. The molecule has 0 heterocycles. The number of benzene rings is 3. The highest BCUT2D eigenvalue weighted by Crippen LogP contribution is 2.44. The number of esters is 1. The Balaban J connectivity index is 1.52. The van der Waals surface area contributed by atoms with Gasteiger partial charge in [-0.3, -0.25) is 14.4 Å². The van der Waals surface area contributed by atoms with Crippen LogP contribution in [0.25, 0.3) is 11.1 Å². The molecular weight excluding hydrogens is 638 g/mol. The first-order chi connectivity index (χ1) is 23.8. The molecule has 0 bridgehead atoms. The minimum absolute atomic E-state index is 0.00545. The molecule has 3 aromatic carbocycles. The van der Waals surface area contributed by atoms with Crippen molar-refractivity contribution in [3.8, 4) is 11.1 Å². The second-order valence-corrected chi connectivity index (χ2v) is 13.6. The lowest BCUT2D eigenvalue weighted by molar-refractivity contribution is -0.155. The largest absolute Gasteiger partial charge is 0.480 e. The van der Waals surface area contributed by atoms with Gasteiger partial charge in [0, 0.05) is 18.8 Å². The minimum atomic E-state index is -1.28. The van der Waals surface area contributed by atoms with Gasteiger partial charge in [-0.2, -0.15) is 0 Å². The number of aliphatic carboxylic acids is 1. The predicted octanol–water partition coefficient (Wildman–Crippen LogP) is 5.36. The summed E-state index contributed by atoms with van der Waals surface area (Å²) < 4.78 is 11.1. The fourth-order valence-electron chi connectivity index (χ4n) is 5.97. The summed E-state index contributed by atoms with van der Waals surface area (Å²) in [4.78, 5) is 65.3. The molecule has 266 valence electrons. The van der Waals surface area contributed by atoms with Gasteiger partial charge in [-0.05, 0) is 60.9 Å². The zero-order valence-corrected chi connectivity index (χ0v) is 29.2. The maximum Gasteiger partial charge on any atom is 0.407 e. The first kappa shape index (κ1) is 37.6. The van der Waals surface area contributed by atoms with Crippen molar-refractivity contribution in [3.05, 3.63) is 95.6 Å². The fourth-order valence-corrected chi connectivity index (χ4v) is 5.97. The van der Waals surface area contributed by atoms with Crippen molar-refractivity contribution < 1.29 is 38.6 Å². The normalized spacial score (nSPS) is 14.6. The number of carbonyl (C=O) groups is 5. The number of alkyl carbamates (subject to hydrolysis) is 1. The van der Waals surface area contributed by atoms with Crippen LogP contribution in [-0.2, 0) is 35.1 Å². The second kappa shape index (κ2) is 17.0. The van der Waals surface area contributed by atoms with E-state index in [2.05, 4.69) is 16.0 Å². The van der Waals surface area contributed by atoms with Gasteiger partial charge in [0.05, 0.1) is 0 Å². The monoisotopic (exact) mass is 685 g/mol. The number of carboxylic acid groups (broad SMARTS) is 1. The predicted molar refractivity (Wildman–Crippen MR) is 188 cm³/mol. The van der Waals surface area contributed by atoms with Crippen LogP contribution in [0.4, 0.5) is 4.79 Å². The highest BCUT2D eigenvalue weighted by Gasteiger charge is 2.33. The number of rotatable bonds is 15. The van der Waals surface area contributed by atoms with E-state index in [1.165, 1.54) is 0 Å². The van der Waals surface area contributed by atoms with Crippen molar-refractivity contribution in [2.45, 2.75) is 89.9 Å². The van der Waals surface area contributed by atoms with Gasteiger partial charge in [-0.25, -0.2) is 9.59 Å². The molecule has 4 N–H and O–H groups in total. The topological polar surface area (TPSA) is 160 Å². The summed E-state index contributed by atoms with van der Waals surface area (Å²) in [6.07, 6.45) is -0.666. The van der Waals surface area contributed by atoms with Gasteiger partial charge < -0.3 is 30.5 Å². The van der Waals surface area contributed by atoms with Crippen molar-refractivity contribution in [1.29, 1.82) is 0 Å². The highest BCUT2D eigenvalue weighted by atomic mass is 16.6. The Hall–Kier alpha value is -5.19. The van der Waals surface area contributed by atoms with Gasteiger partial charge in [0.2, 0.25) is 11.8 Å². The van der Waals surface area contributed by atoms with E-state index < -0.39 is 53.6 Å². The molecule has 4 rings (SSSR count). The van der Waals surface area contributed by atoms with Crippen LogP contribution in [-0.4, -0.2) is 65.3 Å². The molecule has 0 saturated carbocycles. The van der Waals surface area contributed by atoms with E-state index in [-0.39, 0.29) is 37.7 Å². The molecule has 0 spiro atoms. The molecular formula is C39H47N3O8. The molecule has 0 saturated heterocycles. The van der Waals surface area contributed by atoms with Crippen molar-refractivity contribution in [2.75, 3.05) is 6.61 Å².